The van der Waals surface area contributed by atoms with Crippen LogP contribution in [-0.4, -0.2) is 44.6 Å². The lowest BCUT2D eigenvalue weighted by molar-refractivity contribution is -0.135. The molecule has 1 fully saturated rings. The van der Waals surface area contributed by atoms with Crippen molar-refractivity contribution in [3.8, 4) is 17.3 Å². The Morgan fingerprint density at radius 3 is 2.66 bits per heavy atom. The average molecular weight is 460 g/mol. The summed E-state index contributed by atoms with van der Waals surface area (Å²) < 4.78 is 0.969. The molecule has 2 amide bonds. The SMILES string of the molecule is CC(C)[C@H](NC(=O)O)C(=O)N1C[C@H](C#N)C[C@H]1c1ncc(-c2ccc(Br)cc2)[nH]1. The van der Waals surface area contributed by atoms with Crippen LogP contribution in [0, 0.1) is 23.2 Å². The van der Waals surface area contributed by atoms with Crippen molar-refractivity contribution < 1.29 is 14.7 Å². The number of hydrogen-bond donors (Lipinski definition) is 3. The Kier molecular flexibility index (Phi) is 6.23. The number of nitrogens with zero attached hydrogens (tertiary/aromatic N) is 3. The van der Waals surface area contributed by atoms with Crippen molar-refractivity contribution in [3.63, 3.8) is 0 Å². The molecule has 2 aromatic rings. The van der Waals surface area contributed by atoms with Crippen molar-refractivity contribution >= 4 is 27.9 Å². The highest BCUT2D eigenvalue weighted by atomic mass is 79.9. The van der Waals surface area contributed by atoms with Crippen LogP contribution in [0.15, 0.2) is 34.9 Å². The lowest BCUT2D eigenvalue weighted by atomic mass is 10.0. The number of nitriles is 1. The van der Waals surface area contributed by atoms with Gasteiger partial charge >= 0.3 is 6.09 Å². The molecular weight excluding hydrogens is 438 g/mol. The first-order valence-corrected chi connectivity index (χ1v) is 10.1. The maximum Gasteiger partial charge on any atom is 0.405 e. The molecule has 0 unspecified atom stereocenters. The molecule has 0 aliphatic carbocycles. The van der Waals surface area contributed by atoms with Crippen LogP contribution in [0.1, 0.15) is 32.1 Å². The van der Waals surface area contributed by atoms with Crippen LogP contribution in [0.4, 0.5) is 4.79 Å². The summed E-state index contributed by atoms with van der Waals surface area (Å²) in [5, 5.41) is 20.8. The Morgan fingerprint density at radius 1 is 1.38 bits per heavy atom. The molecule has 1 aromatic carbocycles. The van der Waals surface area contributed by atoms with E-state index in [1.54, 1.807) is 24.9 Å². The van der Waals surface area contributed by atoms with E-state index in [4.69, 9.17) is 5.11 Å². The molecule has 0 saturated carbocycles. The summed E-state index contributed by atoms with van der Waals surface area (Å²) in [6, 6.07) is 8.69. The highest BCUT2D eigenvalue weighted by molar-refractivity contribution is 9.10. The number of amides is 2. The van der Waals surface area contributed by atoms with Gasteiger partial charge in [-0.15, -0.1) is 0 Å². The molecular formula is C20H22BrN5O3. The second-order valence-electron chi connectivity index (χ2n) is 7.43. The normalized spacial score (nSPS) is 19.8. The van der Waals surface area contributed by atoms with Gasteiger partial charge in [-0.25, -0.2) is 9.78 Å². The summed E-state index contributed by atoms with van der Waals surface area (Å²) in [6.45, 7) is 3.81. The minimum atomic E-state index is -1.25. The number of hydrogen-bond acceptors (Lipinski definition) is 4. The minimum absolute atomic E-state index is 0.227. The number of H-pyrrole nitrogens is 1. The first kappa shape index (κ1) is 20.9. The van der Waals surface area contributed by atoms with E-state index in [-0.39, 0.29) is 24.3 Å². The van der Waals surface area contributed by atoms with Gasteiger partial charge in [0.05, 0.1) is 29.9 Å². The highest BCUT2D eigenvalue weighted by Gasteiger charge is 2.41. The van der Waals surface area contributed by atoms with Gasteiger partial charge in [0.15, 0.2) is 0 Å². The molecule has 3 rings (SSSR count). The molecule has 29 heavy (non-hydrogen) atoms. The van der Waals surface area contributed by atoms with E-state index < -0.39 is 18.2 Å². The van der Waals surface area contributed by atoms with Crippen LogP contribution in [0.2, 0.25) is 0 Å². The maximum absolute atomic E-state index is 13.1. The average Bonchev–Trinajstić information content (AvgIpc) is 3.32. The third-order valence-corrected chi connectivity index (χ3v) is 5.57. The molecule has 9 heteroatoms. The molecule has 1 aliphatic heterocycles. The predicted octanol–water partition coefficient (Wildman–Crippen LogP) is 3.54. The zero-order chi connectivity index (χ0) is 21.1. The Labute approximate surface area is 177 Å². The number of aromatic nitrogens is 2. The Balaban J connectivity index is 1.88. The Morgan fingerprint density at radius 2 is 2.07 bits per heavy atom. The summed E-state index contributed by atoms with van der Waals surface area (Å²) in [5.74, 6) is -0.309. The monoisotopic (exact) mass is 459 g/mol. The molecule has 0 bridgehead atoms. The van der Waals surface area contributed by atoms with Crippen LogP contribution in [0.25, 0.3) is 11.3 Å². The molecule has 3 N–H and O–H groups in total. The van der Waals surface area contributed by atoms with Crippen LogP contribution in [0.5, 0.6) is 0 Å². The first-order chi connectivity index (χ1) is 13.8. The zero-order valence-electron chi connectivity index (χ0n) is 16.1. The molecule has 0 radical (unpaired) electrons. The van der Waals surface area contributed by atoms with Gasteiger partial charge in [0.25, 0.3) is 0 Å². The lowest BCUT2D eigenvalue weighted by Gasteiger charge is -2.29. The van der Waals surface area contributed by atoms with E-state index >= 15 is 0 Å². The van der Waals surface area contributed by atoms with Gasteiger partial charge in [-0.05, 0) is 30.0 Å². The van der Waals surface area contributed by atoms with Crippen molar-refractivity contribution in [3.05, 3.63) is 40.8 Å². The number of likely N-dealkylation sites (tertiary alicyclic amines) is 1. The predicted molar refractivity (Wildman–Crippen MR) is 110 cm³/mol. The van der Waals surface area contributed by atoms with Crippen molar-refractivity contribution in [1.82, 2.24) is 20.2 Å². The third-order valence-electron chi connectivity index (χ3n) is 5.04. The Bertz CT molecular complexity index is 934. The van der Waals surface area contributed by atoms with Crippen LogP contribution < -0.4 is 5.32 Å². The van der Waals surface area contributed by atoms with E-state index in [1.807, 2.05) is 24.3 Å². The molecule has 1 aromatic heterocycles. The van der Waals surface area contributed by atoms with E-state index in [2.05, 4.69) is 37.3 Å². The van der Waals surface area contributed by atoms with Gasteiger partial charge in [0.2, 0.25) is 5.91 Å². The van der Waals surface area contributed by atoms with Crippen molar-refractivity contribution in [2.75, 3.05) is 6.54 Å². The number of halogens is 1. The minimum Gasteiger partial charge on any atom is -0.465 e. The summed E-state index contributed by atoms with van der Waals surface area (Å²) >= 11 is 3.41. The van der Waals surface area contributed by atoms with Crippen LogP contribution in [0.3, 0.4) is 0 Å². The molecule has 8 nitrogen and oxygen atoms in total. The van der Waals surface area contributed by atoms with Gasteiger partial charge < -0.3 is 20.3 Å². The van der Waals surface area contributed by atoms with Crippen LogP contribution >= 0.6 is 15.9 Å². The van der Waals surface area contributed by atoms with Crippen molar-refractivity contribution in [2.24, 2.45) is 11.8 Å². The number of aromatic amines is 1. The van der Waals surface area contributed by atoms with Gasteiger partial charge in [-0.2, -0.15) is 5.26 Å². The third kappa shape index (κ3) is 4.59. The van der Waals surface area contributed by atoms with Gasteiger partial charge in [-0.3, -0.25) is 4.79 Å². The van der Waals surface area contributed by atoms with Gasteiger partial charge in [0.1, 0.15) is 11.9 Å². The quantitative estimate of drug-likeness (QED) is 0.630. The summed E-state index contributed by atoms with van der Waals surface area (Å²) in [6.07, 6.45) is 0.907. The first-order valence-electron chi connectivity index (χ1n) is 9.30. The van der Waals surface area contributed by atoms with Crippen molar-refractivity contribution in [1.29, 1.82) is 5.26 Å². The Hall–Kier alpha value is -2.86. The number of carbonyl (C=O) groups is 2. The highest BCUT2D eigenvalue weighted by Crippen LogP contribution is 2.35. The fraction of sp³-hybridized carbons (Fsp3) is 0.400. The number of benzene rings is 1. The number of nitrogens with one attached hydrogen (secondary N) is 2. The van der Waals surface area contributed by atoms with E-state index in [0.717, 1.165) is 15.7 Å². The van der Waals surface area contributed by atoms with E-state index in [0.29, 0.717) is 12.2 Å². The van der Waals surface area contributed by atoms with E-state index in [1.165, 1.54) is 0 Å². The van der Waals surface area contributed by atoms with Crippen LogP contribution in [-0.2, 0) is 4.79 Å². The van der Waals surface area contributed by atoms with Gasteiger partial charge in [0, 0.05) is 11.0 Å². The number of carbonyl (C=O) groups excluding carboxylic acids is 1. The fourth-order valence-corrected chi connectivity index (χ4v) is 3.80. The second kappa shape index (κ2) is 8.66. The smallest absolute Gasteiger partial charge is 0.405 e. The molecule has 2 heterocycles. The standard InChI is InChI=1S/C20H22BrN5O3/c1-11(2)17(25-20(28)29)19(27)26-10-12(8-22)7-16(26)18-23-9-15(24-18)13-3-5-14(21)6-4-13/h3-6,9,11-12,16-17,25H,7,10H2,1-2H3,(H,23,24)(H,28,29)/t12-,16-,17-/m0/s1. The summed E-state index contributed by atoms with van der Waals surface area (Å²) in [5.41, 5.74) is 1.76. The molecule has 1 aliphatic rings. The second-order valence-corrected chi connectivity index (χ2v) is 8.34. The topological polar surface area (TPSA) is 122 Å². The number of imidazole rings is 1. The molecule has 1 saturated heterocycles. The maximum atomic E-state index is 13.1. The largest absolute Gasteiger partial charge is 0.465 e. The number of carboxylic acid groups (broad SMARTS) is 1. The molecule has 152 valence electrons. The van der Waals surface area contributed by atoms with Gasteiger partial charge in [-0.1, -0.05) is 41.9 Å². The number of rotatable bonds is 5. The molecule has 0 spiro atoms. The summed E-state index contributed by atoms with van der Waals surface area (Å²) in [7, 11) is 0. The lowest BCUT2D eigenvalue weighted by Crippen LogP contribution is -2.50. The fourth-order valence-electron chi connectivity index (χ4n) is 3.54. The van der Waals surface area contributed by atoms with E-state index in [9.17, 15) is 14.9 Å². The molecule has 3 atom stereocenters. The van der Waals surface area contributed by atoms with Crippen molar-refractivity contribution in [2.45, 2.75) is 32.4 Å². The zero-order valence-corrected chi connectivity index (χ0v) is 17.7. The summed E-state index contributed by atoms with van der Waals surface area (Å²) in [4.78, 5) is 33.5.